The van der Waals surface area contributed by atoms with E-state index in [4.69, 9.17) is 9.84 Å². The Morgan fingerprint density at radius 1 is 1.80 bits per heavy atom. The molecule has 0 aromatic carbocycles. The van der Waals surface area contributed by atoms with E-state index in [1.165, 1.54) is 0 Å². The highest BCUT2D eigenvalue weighted by molar-refractivity contribution is 5.72. The van der Waals surface area contributed by atoms with Gasteiger partial charge in [-0.05, 0) is 6.42 Å². The molecule has 1 saturated heterocycles. The van der Waals surface area contributed by atoms with Crippen LogP contribution in [-0.4, -0.2) is 30.5 Å². The van der Waals surface area contributed by atoms with Crippen LogP contribution in [0.3, 0.4) is 0 Å². The third kappa shape index (κ3) is 1.44. The minimum Gasteiger partial charge on any atom is -0.479 e. The van der Waals surface area contributed by atoms with E-state index in [0.29, 0.717) is 13.0 Å². The van der Waals surface area contributed by atoms with E-state index >= 15 is 0 Å². The zero-order valence-electron chi connectivity index (χ0n) is 5.42. The zero-order valence-corrected chi connectivity index (χ0v) is 5.42. The van der Waals surface area contributed by atoms with Gasteiger partial charge in [-0.1, -0.05) is 0 Å². The van der Waals surface area contributed by atoms with Crippen molar-refractivity contribution in [3.63, 3.8) is 0 Å². The van der Waals surface area contributed by atoms with Gasteiger partial charge >= 0.3 is 5.97 Å². The highest BCUT2D eigenvalue weighted by Gasteiger charge is 2.30. The summed E-state index contributed by atoms with van der Waals surface area (Å²) >= 11 is 0. The quantitative estimate of drug-likeness (QED) is 0.618. The van der Waals surface area contributed by atoms with Gasteiger partial charge in [0.15, 0.2) is 0 Å². The summed E-state index contributed by atoms with van der Waals surface area (Å²) in [5.41, 5.74) is 0. The molecule has 58 valence electrons. The van der Waals surface area contributed by atoms with Crippen LogP contribution in [-0.2, 0) is 9.53 Å². The third-order valence-electron chi connectivity index (χ3n) is 1.61. The molecule has 0 saturated carbocycles. The predicted octanol–water partition coefficient (Wildman–Crippen LogP) is 0.446. The average molecular weight is 148 g/mol. The van der Waals surface area contributed by atoms with Gasteiger partial charge in [0.05, 0.1) is 6.61 Å². The van der Waals surface area contributed by atoms with Crippen molar-refractivity contribution >= 4 is 5.97 Å². The smallest absolute Gasteiger partial charge is 0.338 e. The number of aliphatic carboxylic acids is 1. The summed E-state index contributed by atoms with van der Waals surface area (Å²) < 4.78 is 17.4. The van der Waals surface area contributed by atoms with Gasteiger partial charge in [0.2, 0.25) is 6.17 Å². The van der Waals surface area contributed by atoms with Gasteiger partial charge in [0.1, 0.15) is 0 Å². The number of hydrogen-bond donors (Lipinski definition) is 1. The van der Waals surface area contributed by atoms with Crippen LogP contribution in [0, 0.1) is 5.92 Å². The number of hydrogen-bond acceptors (Lipinski definition) is 2. The van der Waals surface area contributed by atoms with Crippen LogP contribution < -0.4 is 0 Å². The van der Waals surface area contributed by atoms with E-state index in [1.54, 1.807) is 0 Å². The summed E-state index contributed by atoms with van der Waals surface area (Å²) in [7, 11) is 0. The molecule has 1 heterocycles. The highest BCUT2D eigenvalue weighted by Crippen LogP contribution is 2.18. The highest BCUT2D eigenvalue weighted by atomic mass is 19.1. The van der Waals surface area contributed by atoms with Crippen molar-refractivity contribution in [1.29, 1.82) is 0 Å². The summed E-state index contributed by atoms with van der Waals surface area (Å²) in [4.78, 5) is 10.1. The van der Waals surface area contributed by atoms with Crippen molar-refractivity contribution in [1.82, 2.24) is 0 Å². The van der Waals surface area contributed by atoms with E-state index in [9.17, 15) is 9.18 Å². The molecule has 1 rings (SSSR count). The summed E-state index contributed by atoms with van der Waals surface area (Å²) in [5.74, 6) is -1.81. The number of carboxylic acids is 1. The Hall–Kier alpha value is -0.640. The monoisotopic (exact) mass is 148 g/mol. The first kappa shape index (κ1) is 7.47. The zero-order chi connectivity index (χ0) is 7.56. The molecule has 0 aromatic heterocycles. The molecule has 0 aliphatic carbocycles. The van der Waals surface area contributed by atoms with Crippen LogP contribution in [0.1, 0.15) is 6.42 Å². The van der Waals surface area contributed by atoms with Gasteiger partial charge in [-0.3, -0.25) is 0 Å². The maximum atomic E-state index is 12.6. The van der Waals surface area contributed by atoms with Crippen LogP contribution in [0.4, 0.5) is 4.39 Å². The first-order valence-electron chi connectivity index (χ1n) is 3.16. The maximum Gasteiger partial charge on any atom is 0.338 e. The lowest BCUT2D eigenvalue weighted by Crippen LogP contribution is -2.25. The normalized spacial score (nSPS) is 28.3. The van der Waals surface area contributed by atoms with Gasteiger partial charge in [-0.25, -0.2) is 9.18 Å². The summed E-state index contributed by atoms with van der Waals surface area (Å²) in [6, 6.07) is 0. The second-order valence-corrected chi connectivity index (χ2v) is 2.36. The Morgan fingerprint density at radius 3 is 2.90 bits per heavy atom. The lowest BCUT2D eigenvalue weighted by molar-refractivity contribution is -0.144. The molecule has 3 nitrogen and oxygen atoms in total. The van der Waals surface area contributed by atoms with Crippen molar-refractivity contribution in [2.24, 2.45) is 5.92 Å². The molecular formula is C6H9FO3. The number of ether oxygens (including phenoxy) is 1. The first-order valence-corrected chi connectivity index (χ1v) is 3.16. The molecule has 2 atom stereocenters. The number of carbonyl (C=O) groups is 1. The van der Waals surface area contributed by atoms with E-state index in [1.807, 2.05) is 0 Å². The minimum atomic E-state index is -1.75. The Balaban J connectivity index is 2.39. The number of carboxylic acid groups (broad SMARTS) is 1. The Kier molecular flexibility index (Phi) is 2.21. The second kappa shape index (κ2) is 2.96. The van der Waals surface area contributed by atoms with Crippen LogP contribution in [0.2, 0.25) is 0 Å². The summed E-state index contributed by atoms with van der Waals surface area (Å²) in [5, 5.41) is 8.21. The first-order chi connectivity index (χ1) is 4.72. The Labute approximate surface area is 57.8 Å². The molecule has 0 spiro atoms. The summed E-state index contributed by atoms with van der Waals surface area (Å²) in [6.07, 6.45) is -1.23. The number of halogens is 1. The molecule has 0 aromatic rings. The van der Waals surface area contributed by atoms with E-state index < -0.39 is 18.1 Å². The lowest BCUT2D eigenvalue weighted by Gasteiger charge is -2.07. The van der Waals surface area contributed by atoms with Crippen LogP contribution in [0.15, 0.2) is 0 Å². The average Bonchev–Trinajstić information content (AvgIpc) is 2.36. The predicted molar refractivity (Wildman–Crippen MR) is 31.5 cm³/mol. The van der Waals surface area contributed by atoms with Crippen molar-refractivity contribution < 1.29 is 19.0 Å². The van der Waals surface area contributed by atoms with Gasteiger partial charge in [-0.15, -0.1) is 0 Å². The second-order valence-electron chi connectivity index (χ2n) is 2.36. The molecule has 0 bridgehead atoms. The molecule has 0 unspecified atom stereocenters. The van der Waals surface area contributed by atoms with E-state index in [-0.39, 0.29) is 6.61 Å². The van der Waals surface area contributed by atoms with Crippen molar-refractivity contribution in [2.75, 3.05) is 13.2 Å². The molecule has 10 heavy (non-hydrogen) atoms. The van der Waals surface area contributed by atoms with Crippen molar-refractivity contribution in [3.05, 3.63) is 0 Å². The molecule has 1 N–H and O–H groups in total. The summed E-state index contributed by atoms with van der Waals surface area (Å²) in [6.45, 7) is 0.728. The fourth-order valence-electron chi connectivity index (χ4n) is 0.985. The molecule has 0 amide bonds. The minimum absolute atomic E-state index is 0.244. The van der Waals surface area contributed by atoms with Crippen molar-refractivity contribution in [2.45, 2.75) is 12.6 Å². The van der Waals surface area contributed by atoms with Crippen LogP contribution >= 0.6 is 0 Å². The molecule has 1 aliphatic rings. The standard InChI is InChI=1S/C6H9FO3/c7-5(6(8)9)4-1-2-10-3-4/h4-5H,1-3H2,(H,8,9)/t4-,5-/m1/s1. The number of rotatable bonds is 2. The lowest BCUT2D eigenvalue weighted by atomic mass is 10.0. The molecule has 1 fully saturated rings. The van der Waals surface area contributed by atoms with Crippen LogP contribution in [0.5, 0.6) is 0 Å². The molecule has 4 heteroatoms. The maximum absolute atomic E-state index is 12.6. The third-order valence-corrected chi connectivity index (χ3v) is 1.61. The van der Waals surface area contributed by atoms with Crippen molar-refractivity contribution in [3.8, 4) is 0 Å². The molecule has 1 aliphatic heterocycles. The van der Waals surface area contributed by atoms with E-state index in [2.05, 4.69) is 0 Å². The van der Waals surface area contributed by atoms with Crippen LogP contribution in [0.25, 0.3) is 0 Å². The molecular weight excluding hydrogens is 139 g/mol. The van der Waals surface area contributed by atoms with E-state index in [0.717, 1.165) is 0 Å². The largest absolute Gasteiger partial charge is 0.479 e. The SMILES string of the molecule is O=C(O)[C@H](F)[C@@H]1CCOC1. The van der Waals surface area contributed by atoms with Gasteiger partial charge in [0, 0.05) is 12.5 Å². The molecule has 0 radical (unpaired) electrons. The fraction of sp³-hybridized carbons (Fsp3) is 0.833. The van der Waals surface area contributed by atoms with Gasteiger partial charge in [0.25, 0.3) is 0 Å². The van der Waals surface area contributed by atoms with Gasteiger partial charge < -0.3 is 9.84 Å². The number of alkyl halides is 1. The Morgan fingerprint density at radius 2 is 2.50 bits per heavy atom. The topological polar surface area (TPSA) is 46.5 Å². The fourth-order valence-corrected chi connectivity index (χ4v) is 0.985. The van der Waals surface area contributed by atoms with Gasteiger partial charge in [-0.2, -0.15) is 0 Å². The Bertz CT molecular complexity index is 131.